The molecular weight excluding hydrogens is 773 g/mol. The molecule has 0 atom stereocenters. The Balaban J connectivity index is 0.992. The Morgan fingerprint density at radius 2 is 0.803 bits per heavy atom. The molecule has 0 bridgehead atoms. The van der Waals surface area contributed by atoms with E-state index in [0.29, 0.717) is 0 Å². The van der Waals surface area contributed by atoms with Crippen molar-refractivity contribution in [3.8, 4) is 39.1 Å². The van der Waals surface area contributed by atoms with Gasteiger partial charge in [-0.1, -0.05) is 171 Å². The molecule has 2 heterocycles. The van der Waals surface area contributed by atoms with Crippen molar-refractivity contribution >= 4 is 83.6 Å². The number of anilines is 3. The van der Waals surface area contributed by atoms with Crippen molar-refractivity contribution in [1.29, 1.82) is 0 Å². The molecular formula is C57H44N2SSi. The van der Waals surface area contributed by atoms with E-state index >= 15 is 0 Å². The first-order chi connectivity index (χ1) is 29.9. The van der Waals surface area contributed by atoms with Crippen LogP contribution in [0.1, 0.15) is 0 Å². The van der Waals surface area contributed by atoms with Crippen LogP contribution in [0, 0.1) is 0 Å². The minimum absolute atomic E-state index is 1.11. The predicted molar refractivity (Wildman–Crippen MR) is 268 cm³/mol. The van der Waals surface area contributed by atoms with Crippen LogP contribution in [0.5, 0.6) is 0 Å². The van der Waals surface area contributed by atoms with Crippen LogP contribution < -0.4 is 10.1 Å². The summed E-state index contributed by atoms with van der Waals surface area (Å²) in [5, 5.41) is 6.78. The Morgan fingerprint density at radius 1 is 0.361 bits per heavy atom. The maximum Gasteiger partial charge on any atom is 0.0794 e. The number of rotatable bonds is 8. The lowest BCUT2D eigenvalue weighted by Crippen LogP contribution is -2.37. The fraction of sp³-hybridized carbons (Fsp3) is 0.0526. The maximum absolute atomic E-state index is 2.49. The Hall–Kier alpha value is -6.98. The van der Waals surface area contributed by atoms with Gasteiger partial charge < -0.3 is 9.47 Å². The van der Waals surface area contributed by atoms with Crippen LogP contribution in [0.4, 0.5) is 17.1 Å². The van der Waals surface area contributed by atoms with Gasteiger partial charge in [-0.25, -0.2) is 0 Å². The van der Waals surface area contributed by atoms with Gasteiger partial charge in [0.15, 0.2) is 0 Å². The fourth-order valence-corrected chi connectivity index (χ4v) is 12.8. The normalized spacial score (nSPS) is 11.9. The van der Waals surface area contributed by atoms with E-state index in [1.807, 2.05) is 11.3 Å². The minimum Gasteiger partial charge on any atom is -0.311 e. The number of fused-ring (bicyclic) bond motifs is 6. The van der Waals surface area contributed by atoms with Crippen molar-refractivity contribution in [1.82, 2.24) is 4.57 Å². The second-order valence-electron chi connectivity index (χ2n) is 17.0. The lowest BCUT2D eigenvalue weighted by molar-refractivity contribution is 1.20. The summed E-state index contributed by atoms with van der Waals surface area (Å²) in [6.45, 7) is 7.37. The highest BCUT2D eigenvalue weighted by atomic mass is 32.1. The molecule has 9 aromatic carbocycles. The molecule has 0 saturated heterocycles. The van der Waals surface area contributed by atoms with Crippen molar-refractivity contribution < 1.29 is 0 Å². The second-order valence-corrected chi connectivity index (χ2v) is 23.0. The number of hydrogen-bond acceptors (Lipinski definition) is 2. The molecule has 0 aliphatic heterocycles. The van der Waals surface area contributed by atoms with Gasteiger partial charge in [0.1, 0.15) is 0 Å². The molecule has 2 nitrogen and oxygen atoms in total. The zero-order valence-corrected chi connectivity index (χ0v) is 36.3. The standard InChI is InChI=1S/C57H44N2SSi/c1-61(2,3)55-23-13-20-50-49-19-12-22-54(56(49)60-57(50)55)59-52-21-11-10-18-48(52)51-38-44(30-37-53(51)59)43-28-35-47(36-29-43)58(45-31-24-41(25-32-45)39-14-6-4-7-15-39)46-33-26-42(27-34-46)40-16-8-5-9-17-40/h4-38H,1-3H3. The van der Waals surface area contributed by atoms with Gasteiger partial charge in [-0.3, -0.25) is 0 Å². The number of benzene rings is 9. The maximum atomic E-state index is 2.49. The summed E-state index contributed by atoms with van der Waals surface area (Å²) in [6.07, 6.45) is 0. The predicted octanol–water partition coefficient (Wildman–Crippen LogP) is 16.2. The molecule has 0 amide bonds. The van der Waals surface area contributed by atoms with E-state index < -0.39 is 8.07 Å². The highest BCUT2D eigenvalue weighted by molar-refractivity contribution is 7.28. The smallest absolute Gasteiger partial charge is 0.0794 e. The van der Waals surface area contributed by atoms with Gasteiger partial charge in [0.25, 0.3) is 0 Å². The lowest BCUT2D eigenvalue weighted by Gasteiger charge is -2.26. The Bertz CT molecular complexity index is 3280. The van der Waals surface area contributed by atoms with Crippen molar-refractivity contribution in [3.05, 3.63) is 212 Å². The highest BCUT2D eigenvalue weighted by Crippen LogP contribution is 2.43. The first-order valence-corrected chi connectivity index (χ1v) is 25.4. The summed E-state index contributed by atoms with van der Waals surface area (Å²) in [5.74, 6) is 0. The summed E-state index contributed by atoms with van der Waals surface area (Å²) >= 11 is 1.97. The summed E-state index contributed by atoms with van der Waals surface area (Å²) in [6, 6.07) is 77.7. The molecule has 0 aliphatic carbocycles. The molecule has 0 radical (unpaired) electrons. The molecule has 0 unspecified atom stereocenters. The number of hydrogen-bond donors (Lipinski definition) is 0. The quantitative estimate of drug-likeness (QED) is 0.139. The van der Waals surface area contributed by atoms with Gasteiger partial charge in [0.2, 0.25) is 0 Å². The van der Waals surface area contributed by atoms with Gasteiger partial charge in [0.05, 0.1) is 29.5 Å². The highest BCUT2D eigenvalue weighted by Gasteiger charge is 2.23. The number of aromatic nitrogens is 1. The Morgan fingerprint density at radius 3 is 1.38 bits per heavy atom. The zero-order chi connectivity index (χ0) is 41.1. The number of thiophene rings is 1. The van der Waals surface area contributed by atoms with Crippen LogP contribution >= 0.6 is 11.3 Å². The van der Waals surface area contributed by atoms with Crippen LogP contribution in [-0.4, -0.2) is 12.6 Å². The van der Waals surface area contributed by atoms with Gasteiger partial charge in [-0.15, -0.1) is 11.3 Å². The third kappa shape index (κ3) is 6.56. The van der Waals surface area contributed by atoms with E-state index in [1.165, 1.54) is 81.0 Å². The van der Waals surface area contributed by atoms with Crippen molar-refractivity contribution in [2.24, 2.45) is 0 Å². The van der Waals surface area contributed by atoms with E-state index in [9.17, 15) is 0 Å². The second kappa shape index (κ2) is 14.9. The molecule has 0 fully saturated rings. The zero-order valence-electron chi connectivity index (χ0n) is 34.5. The topological polar surface area (TPSA) is 8.17 Å². The third-order valence-corrected chi connectivity index (χ3v) is 15.6. The van der Waals surface area contributed by atoms with Gasteiger partial charge in [-0.05, 0) is 99.2 Å². The van der Waals surface area contributed by atoms with Crippen molar-refractivity contribution in [2.45, 2.75) is 19.6 Å². The molecule has 0 aliphatic rings. The molecule has 0 spiro atoms. The first-order valence-electron chi connectivity index (χ1n) is 21.1. The van der Waals surface area contributed by atoms with E-state index in [1.54, 1.807) is 5.19 Å². The van der Waals surface area contributed by atoms with Crippen LogP contribution in [0.2, 0.25) is 19.6 Å². The van der Waals surface area contributed by atoms with E-state index in [0.717, 1.165) is 17.1 Å². The lowest BCUT2D eigenvalue weighted by atomic mass is 10.0. The Labute approximate surface area is 362 Å². The van der Waals surface area contributed by atoms with Crippen LogP contribution in [0.3, 0.4) is 0 Å². The van der Waals surface area contributed by atoms with Crippen LogP contribution in [0.15, 0.2) is 212 Å². The number of para-hydroxylation sites is 1. The van der Waals surface area contributed by atoms with Crippen molar-refractivity contribution in [2.75, 3.05) is 4.90 Å². The number of nitrogens with zero attached hydrogens (tertiary/aromatic N) is 2. The third-order valence-electron chi connectivity index (χ3n) is 12.1. The molecule has 2 aromatic heterocycles. The molecule has 11 aromatic rings. The average molecular weight is 817 g/mol. The Kier molecular flexibility index (Phi) is 9.07. The van der Waals surface area contributed by atoms with Crippen molar-refractivity contribution in [3.63, 3.8) is 0 Å². The molecule has 0 N–H and O–H groups in total. The van der Waals surface area contributed by atoms with Crippen LogP contribution in [-0.2, 0) is 0 Å². The SMILES string of the molecule is C[Si](C)(C)c1cccc2c1sc1c(-n3c4ccccc4c4cc(-c5ccc(N(c6ccc(-c7ccccc7)cc6)c6ccc(-c7ccccc7)cc6)cc5)ccc43)cccc12. The fourth-order valence-electron chi connectivity index (χ4n) is 9.10. The first kappa shape index (κ1) is 37.0. The largest absolute Gasteiger partial charge is 0.311 e. The van der Waals surface area contributed by atoms with E-state index in [-0.39, 0.29) is 0 Å². The van der Waals surface area contributed by atoms with Gasteiger partial charge in [-0.2, -0.15) is 0 Å². The molecule has 61 heavy (non-hydrogen) atoms. The summed E-state index contributed by atoms with van der Waals surface area (Å²) in [5.41, 5.74) is 14.2. The molecule has 11 rings (SSSR count). The summed E-state index contributed by atoms with van der Waals surface area (Å²) < 4.78 is 5.29. The summed E-state index contributed by atoms with van der Waals surface area (Å²) in [4.78, 5) is 2.35. The van der Waals surface area contributed by atoms with E-state index in [4.69, 9.17) is 0 Å². The van der Waals surface area contributed by atoms with Crippen LogP contribution in [0.25, 0.3) is 81.0 Å². The molecule has 292 valence electrons. The van der Waals surface area contributed by atoms with E-state index in [2.05, 4.69) is 241 Å². The van der Waals surface area contributed by atoms with Gasteiger partial charge in [0, 0.05) is 43.3 Å². The summed E-state index contributed by atoms with van der Waals surface area (Å²) in [7, 11) is -1.54. The molecule has 4 heteroatoms. The monoisotopic (exact) mass is 816 g/mol. The molecule has 0 saturated carbocycles. The van der Waals surface area contributed by atoms with Gasteiger partial charge >= 0.3 is 0 Å². The minimum atomic E-state index is -1.54. The average Bonchev–Trinajstić information content (AvgIpc) is 3.86.